The van der Waals surface area contributed by atoms with E-state index in [9.17, 15) is 0 Å². The van der Waals surface area contributed by atoms with Crippen LogP contribution in [0.15, 0.2) is 188 Å². The zero-order valence-corrected chi connectivity index (χ0v) is 41.6. The lowest BCUT2D eigenvalue weighted by atomic mass is 10.2. The Morgan fingerprint density at radius 1 is 0.227 bits per heavy atom. The van der Waals surface area contributed by atoms with Crippen LogP contribution in [0.1, 0.15) is 38.9 Å². The van der Waals surface area contributed by atoms with E-state index in [-0.39, 0.29) is 0 Å². The third-order valence-corrected chi connectivity index (χ3v) is 20.7. The molecule has 7 aromatic carbocycles. The molecule has 8 rings (SSSR count). The van der Waals surface area contributed by atoms with Crippen molar-refractivity contribution in [3.8, 4) is 40.2 Å². The third-order valence-electron chi connectivity index (χ3n) is 9.86. The van der Waals surface area contributed by atoms with Crippen LogP contribution in [0.5, 0.6) is 40.2 Å². The van der Waals surface area contributed by atoms with Crippen LogP contribution < -0.4 is 31.7 Å². The van der Waals surface area contributed by atoms with Crippen molar-refractivity contribution in [3.05, 3.63) is 209 Å². The summed E-state index contributed by atoms with van der Waals surface area (Å²) in [6.07, 6.45) is 0. The maximum atomic E-state index is 7.14. The molecule has 0 radical (unpaired) electrons. The van der Waals surface area contributed by atoms with Gasteiger partial charge in [0.15, 0.2) is 0 Å². The largest absolute Gasteiger partial charge is 0.460 e. The van der Waals surface area contributed by atoms with Crippen molar-refractivity contribution in [1.82, 2.24) is 0 Å². The van der Waals surface area contributed by atoms with Crippen LogP contribution in [0.2, 0.25) is 0 Å². The van der Waals surface area contributed by atoms with Gasteiger partial charge in [0.1, 0.15) is 40.2 Å². The monoisotopic (exact) mass is 960 g/mol. The highest BCUT2D eigenvalue weighted by atomic mass is 31.3. The van der Waals surface area contributed by atoms with Crippen LogP contribution in [-0.4, -0.2) is 7.11 Å². The van der Waals surface area contributed by atoms with E-state index in [0.29, 0.717) is 40.2 Å². The predicted molar refractivity (Wildman–Crippen MR) is 267 cm³/mol. The first-order chi connectivity index (χ1) is 31.7. The normalized spacial score (nSPS) is 16.8. The average Bonchev–Trinajstić information content (AvgIpc) is 3.29. The van der Waals surface area contributed by atoms with Crippen molar-refractivity contribution >= 4 is 30.6 Å². The lowest BCUT2D eigenvalue weighted by Gasteiger charge is -2.32. The lowest BCUT2D eigenvalue weighted by molar-refractivity contribution is 0.380. The summed E-state index contributed by atoms with van der Waals surface area (Å²) in [6, 6.07) is 52.4. The molecule has 1 atom stereocenters. The van der Waals surface area contributed by atoms with Gasteiger partial charge in [-0.25, -0.2) is 0 Å². The smallest absolute Gasteiger partial charge is 0.422 e. The van der Waals surface area contributed by atoms with Crippen LogP contribution >= 0.6 is 30.6 Å². The highest BCUT2D eigenvalue weighted by Gasteiger charge is 2.48. The zero-order chi connectivity index (χ0) is 46.4. The summed E-state index contributed by atoms with van der Waals surface area (Å²) in [6.45, 7) is 13.9. The van der Waals surface area contributed by atoms with Crippen molar-refractivity contribution in [2.75, 3.05) is 7.11 Å². The maximum Gasteiger partial charge on any atom is 0.460 e. The van der Waals surface area contributed by atoms with E-state index in [2.05, 4.69) is 0 Å². The highest BCUT2D eigenvalue weighted by Crippen LogP contribution is 2.79. The van der Waals surface area contributed by atoms with Crippen LogP contribution in [0.25, 0.3) is 0 Å². The molecule has 0 bridgehead atoms. The average molecular weight is 961 g/mol. The second-order valence-electron chi connectivity index (χ2n) is 15.8. The quantitative estimate of drug-likeness (QED) is 0.0931. The van der Waals surface area contributed by atoms with E-state index in [1.807, 2.05) is 218 Å². The molecule has 0 aliphatic carbocycles. The lowest BCUT2D eigenvalue weighted by Crippen LogP contribution is -2.10. The first-order valence-electron chi connectivity index (χ1n) is 21.1. The molecule has 0 fully saturated rings. The van der Waals surface area contributed by atoms with Crippen molar-refractivity contribution in [1.29, 1.82) is 0 Å². The number of rotatable bonds is 15. The molecule has 66 heavy (non-hydrogen) atoms. The Morgan fingerprint density at radius 2 is 0.364 bits per heavy atom. The second kappa shape index (κ2) is 19.9. The van der Waals surface area contributed by atoms with E-state index in [4.69, 9.17) is 54.3 Å². The summed E-state index contributed by atoms with van der Waals surface area (Å²) in [7, 11) is -15.7. The Morgan fingerprint density at radius 3 is 0.530 bits per heavy atom. The van der Waals surface area contributed by atoms with Crippen molar-refractivity contribution in [2.45, 2.75) is 48.5 Å². The third kappa shape index (κ3) is 11.9. The van der Waals surface area contributed by atoms with Gasteiger partial charge in [0.25, 0.3) is 0 Å². The molecule has 0 aromatic heterocycles. The Bertz CT molecular complexity index is 2770. The molecule has 0 spiro atoms. The van der Waals surface area contributed by atoms with Gasteiger partial charge in [-0.15, -0.1) is 9.03 Å². The molecule has 0 saturated carbocycles. The molecule has 1 aliphatic rings. The number of benzene rings is 7. The number of nitrogens with zero attached hydrogens (tertiary/aromatic N) is 4. The molecule has 7 aromatic rings. The number of hydrogen-bond acceptors (Lipinski definition) is 12. The maximum absolute atomic E-state index is 7.14. The van der Waals surface area contributed by atoms with Gasteiger partial charge in [-0.05, 0) is 133 Å². The molecule has 0 amide bonds. The first-order valence-corrected chi connectivity index (χ1v) is 27.3. The standard InChI is InChI=1S/C50H52N4O8P4/c1-37-9-23-44(24-10-37)56-63(55-8)51-64(57-45-25-11-38(2)12-26-45,58-46-27-13-39(3)14-28-46)53-66(61-49-33-19-42(6)20-34-49,62-50-35-21-43(7)22-36-50)54-65(52-63,59-47-29-15-40(4)16-30-47)60-48-31-17-41(5)18-32-48/h9-36H,1-8H3. The summed E-state index contributed by atoms with van der Waals surface area (Å²) in [5.74, 6) is 2.69. The predicted octanol–water partition coefficient (Wildman–Crippen LogP) is 17.1. The summed E-state index contributed by atoms with van der Waals surface area (Å²) in [4.78, 5) is 0. The second-order valence-corrected chi connectivity index (χ2v) is 24.3. The minimum absolute atomic E-state index is 0.380. The van der Waals surface area contributed by atoms with Crippen molar-refractivity contribution < 1.29 is 36.2 Å². The fourth-order valence-corrected chi connectivity index (χ4v) is 18.2. The molecule has 1 unspecified atom stereocenters. The summed E-state index contributed by atoms with van der Waals surface area (Å²) < 4.78 is 78.1. The van der Waals surface area contributed by atoms with E-state index < -0.39 is 30.6 Å². The Labute approximate surface area is 387 Å². The molecule has 12 nitrogen and oxygen atoms in total. The first kappa shape index (κ1) is 46.5. The highest BCUT2D eigenvalue weighted by molar-refractivity contribution is 7.79. The fraction of sp³-hybridized carbons (Fsp3) is 0.160. The topological polar surface area (TPSA) is 123 Å². The SMILES string of the molecule is COP1(Oc2ccc(C)cc2)=NP(Oc2ccc(C)cc2)(Oc2ccc(C)cc2)=NP(Oc2ccc(C)cc2)(Oc2ccc(C)cc2)=NP(Oc2ccc(C)cc2)(Oc2ccc(C)cc2)=N1. The molecule has 0 N–H and O–H groups in total. The van der Waals surface area contributed by atoms with Crippen LogP contribution in [0.3, 0.4) is 0 Å². The molecular weight excluding hydrogens is 908 g/mol. The Hall–Kier alpha value is -5.98. The fourth-order valence-electron chi connectivity index (χ4n) is 6.22. The molecule has 0 saturated heterocycles. The number of hydrogen-bond donors (Lipinski definition) is 0. The Balaban J connectivity index is 1.56. The van der Waals surface area contributed by atoms with Crippen LogP contribution in [0.4, 0.5) is 0 Å². The van der Waals surface area contributed by atoms with Crippen LogP contribution in [-0.2, 0) is 4.52 Å². The van der Waals surface area contributed by atoms with Crippen molar-refractivity contribution in [3.63, 3.8) is 0 Å². The van der Waals surface area contributed by atoms with Gasteiger partial charge in [0.05, 0.1) is 0 Å². The summed E-state index contributed by atoms with van der Waals surface area (Å²) in [5.41, 5.74) is 7.07. The molecular formula is C50H52N4O8P4. The van der Waals surface area contributed by atoms with Gasteiger partial charge in [-0.2, -0.15) is 0 Å². The van der Waals surface area contributed by atoms with E-state index >= 15 is 0 Å². The molecule has 340 valence electrons. The van der Waals surface area contributed by atoms with E-state index in [1.54, 1.807) is 0 Å². The van der Waals surface area contributed by atoms with Gasteiger partial charge < -0.3 is 36.2 Å². The van der Waals surface area contributed by atoms with Crippen molar-refractivity contribution in [2.24, 2.45) is 18.1 Å². The molecule has 16 heteroatoms. The van der Waals surface area contributed by atoms with Gasteiger partial charge in [0, 0.05) is 7.11 Å². The van der Waals surface area contributed by atoms with E-state index in [1.165, 1.54) is 7.11 Å². The molecule has 1 heterocycles. The Kier molecular flexibility index (Phi) is 14.0. The zero-order valence-electron chi connectivity index (χ0n) is 38.0. The van der Waals surface area contributed by atoms with Gasteiger partial charge in [0.2, 0.25) is 0 Å². The minimum Gasteiger partial charge on any atom is -0.422 e. The summed E-state index contributed by atoms with van der Waals surface area (Å²) >= 11 is 0. The van der Waals surface area contributed by atoms with Crippen LogP contribution in [0, 0.1) is 48.5 Å². The van der Waals surface area contributed by atoms with Gasteiger partial charge in [-0.1, -0.05) is 133 Å². The molecule has 1 aliphatic heterocycles. The van der Waals surface area contributed by atoms with Gasteiger partial charge in [-0.3, -0.25) is 0 Å². The number of aryl methyl sites for hydroxylation is 7. The van der Waals surface area contributed by atoms with Gasteiger partial charge >= 0.3 is 30.6 Å². The van der Waals surface area contributed by atoms with E-state index in [0.717, 1.165) is 38.9 Å². The minimum atomic E-state index is -4.35. The summed E-state index contributed by atoms with van der Waals surface area (Å²) in [5, 5.41) is 0.